The van der Waals surface area contributed by atoms with E-state index in [1.54, 1.807) is 43.5 Å². The Morgan fingerprint density at radius 2 is 1.71 bits per heavy atom. The lowest BCUT2D eigenvalue weighted by molar-refractivity contribution is -0.140. The van der Waals surface area contributed by atoms with Crippen LogP contribution in [-0.2, 0) is 9.59 Å². The van der Waals surface area contributed by atoms with Crippen molar-refractivity contribution in [1.29, 1.82) is 0 Å². The summed E-state index contributed by atoms with van der Waals surface area (Å²) in [7, 11) is 6.89. The third kappa shape index (κ3) is 4.87. The van der Waals surface area contributed by atoms with Gasteiger partial charge in [-0.2, -0.15) is 0 Å². The molecule has 8 heteroatoms. The molecule has 3 rings (SSSR count). The Hall–Kier alpha value is -3.52. The molecule has 0 aromatic heterocycles. The summed E-state index contributed by atoms with van der Waals surface area (Å²) in [6.45, 7) is 5.06. The second kappa shape index (κ2) is 10.6. The fourth-order valence-corrected chi connectivity index (χ4v) is 4.08. The largest absolute Gasteiger partial charge is 0.507 e. The maximum atomic E-state index is 13.2. The van der Waals surface area contributed by atoms with E-state index in [9.17, 15) is 14.7 Å². The molecule has 1 saturated heterocycles. The minimum atomic E-state index is -0.771. The van der Waals surface area contributed by atoms with E-state index >= 15 is 0 Å². The van der Waals surface area contributed by atoms with Crippen LogP contribution < -0.4 is 14.2 Å². The number of likely N-dealkylation sites (N-methyl/N-ethyl adjacent to an activating group) is 1. The number of nitrogens with zero attached hydrogens (tertiary/aromatic N) is 2. The molecule has 1 amide bonds. The number of ether oxygens (including phenoxy) is 3. The van der Waals surface area contributed by atoms with E-state index in [1.807, 2.05) is 32.8 Å². The van der Waals surface area contributed by atoms with Crippen LogP contribution in [-0.4, -0.2) is 74.6 Å². The van der Waals surface area contributed by atoms with Crippen molar-refractivity contribution < 1.29 is 28.9 Å². The van der Waals surface area contributed by atoms with Gasteiger partial charge in [0.15, 0.2) is 11.5 Å². The number of ketones is 1. The van der Waals surface area contributed by atoms with Gasteiger partial charge in [-0.1, -0.05) is 6.07 Å². The lowest BCUT2D eigenvalue weighted by Crippen LogP contribution is -2.35. The monoisotopic (exact) mass is 468 g/mol. The summed E-state index contributed by atoms with van der Waals surface area (Å²) in [5.41, 5.74) is 1.92. The Morgan fingerprint density at radius 3 is 2.29 bits per heavy atom. The number of hydrogen-bond donors (Lipinski definition) is 1. The van der Waals surface area contributed by atoms with Crippen molar-refractivity contribution in [2.24, 2.45) is 0 Å². The quantitative estimate of drug-likeness (QED) is 0.343. The summed E-state index contributed by atoms with van der Waals surface area (Å²) in [6.07, 6.45) is 0. The summed E-state index contributed by atoms with van der Waals surface area (Å²) in [6, 6.07) is 9.65. The molecule has 8 nitrogen and oxygen atoms in total. The number of methoxy groups -OCH3 is 2. The van der Waals surface area contributed by atoms with Crippen LogP contribution in [0.3, 0.4) is 0 Å². The molecule has 1 N–H and O–H groups in total. The van der Waals surface area contributed by atoms with E-state index in [2.05, 4.69) is 0 Å². The third-order valence-corrected chi connectivity index (χ3v) is 5.80. The number of rotatable bonds is 9. The van der Waals surface area contributed by atoms with Crippen molar-refractivity contribution in [1.82, 2.24) is 9.80 Å². The Balaban J connectivity index is 2.18. The van der Waals surface area contributed by atoms with E-state index in [-0.39, 0.29) is 11.3 Å². The number of aryl methyl sites for hydroxylation is 1. The highest BCUT2D eigenvalue weighted by Crippen LogP contribution is 2.42. The number of aliphatic hydroxyl groups is 1. The zero-order valence-corrected chi connectivity index (χ0v) is 20.5. The molecule has 2 aromatic carbocycles. The Kier molecular flexibility index (Phi) is 7.83. The maximum absolute atomic E-state index is 13.2. The molecule has 0 aliphatic carbocycles. The van der Waals surface area contributed by atoms with Crippen molar-refractivity contribution in [3.05, 3.63) is 58.7 Å². The number of carbonyl (C=O) groups excluding carboxylic acids is 2. The van der Waals surface area contributed by atoms with Crippen LogP contribution in [0.15, 0.2) is 42.0 Å². The molecule has 0 spiro atoms. The standard InChI is InChI=1S/C26H32N2O6/c1-7-34-20-11-8-17(15-21(20)33-6)23-22(25(30)26(31)28(23)13-12-27(3)4)24(29)18-9-10-19(32-5)16(2)14-18/h8-11,14-15,23,29H,7,12-13H2,1-6H3/b24-22+/t23-/m1/s1. The first-order valence-corrected chi connectivity index (χ1v) is 11.1. The highest BCUT2D eigenvalue weighted by atomic mass is 16.5. The van der Waals surface area contributed by atoms with Crippen LogP contribution in [0.1, 0.15) is 29.7 Å². The zero-order chi connectivity index (χ0) is 25.0. The van der Waals surface area contributed by atoms with Gasteiger partial charge in [-0.3, -0.25) is 9.59 Å². The van der Waals surface area contributed by atoms with Gasteiger partial charge < -0.3 is 29.1 Å². The molecule has 1 fully saturated rings. The number of aliphatic hydroxyl groups excluding tert-OH is 1. The molecule has 1 aliphatic heterocycles. The van der Waals surface area contributed by atoms with Crippen LogP contribution in [0.2, 0.25) is 0 Å². The minimum Gasteiger partial charge on any atom is -0.507 e. The molecular weight excluding hydrogens is 436 g/mol. The number of benzene rings is 2. The van der Waals surface area contributed by atoms with Gasteiger partial charge in [0.2, 0.25) is 0 Å². The summed E-state index contributed by atoms with van der Waals surface area (Å²) in [4.78, 5) is 29.7. The van der Waals surface area contributed by atoms with E-state index in [1.165, 1.54) is 12.0 Å². The number of amides is 1. The predicted octanol–water partition coefficient (Wildman–Crippen LogP) is 3.39. The number of Topliss-reactive ketones (excluding diaryl/α,β-unsaturated/α-hetero) is 1. The van der Waals surface area contributed by atoms with Crippen molar-refractivity contribution in [2.75, 3.05) is 48.0 Å². The molecule has 0 bridgehead atoms. The zero-order valence-electron chi connectivity index (χ0n) is 20.5. The van der Waals surface area contributed by atoms with Crippen LogP contribution in [0.25, 0.3) is 5.76 Å². The molecule has 2 aromatic rings. The number of carbonyl (C=O) groups is 2. The van der Waals surface area contributed by atoms with Crippen LogP contribution in [0.5, 0.6) is 17.2 Å². The molecule has 1 aliphatic rings. The van der Waals surface area contributed by atoms with Gasteiger partial charge in [-0.25, -0.2) is 0 Å². The first kappa shape index (κ1) is 25.1. The summed E-state index contributed by atoms with van der Waals surface area (Å²) in [5, 5.41) is 11.3. The lowest BCUT2D eigenvalue weighted by atomic mass is 9.94. The Bertz CT molecular complexity index is 1110. The van der Waals surface area contributed by atoms with Gasteiger partial charge in [0.05, 0.1) is 32.4 Å². The predicted molar refractivity (Wildman–Crippen MR) is 129 cm³/mol. The van der Waals surface area contributed by atoms with Gasteiger partial charge in [-0.05, 0) is 69.4 Å². The van der Waals surface area contributed by atoms with Crippen molar-refractivity contribution in [2.45, 2.75) is 19.9 Å². The molecule has 182 valence electrons. The number of hydrogen-bond acceptors (Lipinski definition) is 7. The van der Waals surface area contributed by atoms with Crippen molar-refractivity contribution in [3.8, 4) is 17.2 Å². The van der Waals surface area contributed by atoms with Crippen LogP contribution in [0.4, 0.5) is 0 Å². The van der Waals surface area contributed by atoms with Gasteiger partial charge in [0, 0.05) is 18.7 Å². The van der Waals surface area contributed by atoms with Gasteiger partial charge in [-0.15, -0.1) is 0 Å². The van der Waals surface area contributed by atoms with E-state index in [0.29, 0.717) is 48.1 Å². The normalized spacial score (nSPS) is 17.4. The second-order valence-corrected chi connectivity index (χ2v) is 8.32. The van der Waals surface area contributed by atoms with E-state index in [0.717, 1.165) is 5.56 Å². The fourth-order valence-electron chi connectivity index (χ4n) is 4.08. The van der Waals surface area contributed by atoms with Gasteiger partial charge in [0.25, 0.3) is 11.7 Å². The first-order chi connectivity index (χ1) is 16.2. The maximum Gasteiger partial charge on any atom is 0.295 e. The molecular formula is C26H32N2O6. The lowest BCUT2D eigenvalue weighted by Gasteiger charge is -2.27. The molecule has 1 atom stereocenters. The molecule has 0 saturated carbocycles. The number of likely N-dealkylation sites (tertiary alicyclic amines) is 1. The Morgan fingerprint density at radius 1 is 1.03 bits per heavy atom. The smallest absolute Gasteiger partial charge is 0.295 e. The van der Waals surface area contributed by atoms with Gasteiger partial charge in [0.1, 0.15) is 11.5 Å². The minimum absolute atomic E-state index is 0.0412. The molecule has 0 radical (unpaired) electrons. The molecule has 1 heterocycles. The van der Waals surface area contributed by atoms with Crippen molar-refractivity contribution in [3.63, 3.8) is 0 Å². The Labute approximate surface area is 200 Å². The van der Waals surface area contributed by atoms with Gasteiger partial charge >= 0.3 is 0 Å². The van der Waals surface area contributed by atoms with E-state index < -0.39 is 17.7 Å². The summed E-state index contributed by atoms with van der Waals surface area (Å²) in [5.74, 6) is 0.113. The topological polar surface area (TPSA) is 88.5 Å². The van der Waals surface area contributed by atoms with Crippen LogP contribution >= 0.6 is 0 Å². The highest BCUT2D eigenvalue weighted by Gasteiger charge is 2.46. The van der Waals surface area contributed by atoms with E-state index in [4.69, 9.17) is 14.2 Å². The fraction of sp³-hybridized carbons (Fsp3) is 0.385. The average molecular weight is 469 g/mol. The summed E-state index contributed by atoms with van der Waals surface area (Å²) < 4.78 is 16.4. The van der Waals surface area contributed by atoms with Crippen LogP contribution in [0, 0.1) is 6.92 Å². The molecule has 0 unspecified atom stereocenters. The molecule has 34 heavy (non-hydrogen) atoms. The third-order valence-electron chi connectivity index (χ3n) is 5.80. The van der Waals surface area contributed by atoms with Crippen molar-refractivity contribution >= 4 is 17.4 Å². The highest BCUT2D eigenvalue weighted by molar-refractivity contribution is 6.46. The SMILES string of the molecule is CCOc1ccc([C@@H]2/C(=C(\O)c3ccc(OC)c(C)c3)C(=O)C(=O)N2CCN(C)C)cc1OC. The average Bonchev–Trinajstić information content (AvgIpc) is 3.07. The summed E-state index contributed by atoms with van der Waals surface area (Å²) >= 11 is 0. The first-order valence-electron chi connectivity index (χ1n) is 11.1. The second-order valence-electron chi connectivity index (χ2n) is 8.32.